The molecule has 1 aliphatic rings. The third kappa shape index (κ3) is 2.38. The van der Waals surface area contributed by atoms with Crippen LogP contribution in [0.1, 0.15) is 47.5 Å². The second-order valence-corrected chi connectivity index (χ2v) is 6.36. The van der Waals surface area contributed by atoms with Crippen molar-refractivity contribution in [3.8, 4) is 0 Å². The van der Waals surface area contributed by atoms with E-state index in [1.165, 1.54) is 27.7 Å². The first-order valence-electron chi connectivity index (χ1n) is 7.05. The van der Waals surface area contributed by atoms with E-state index in [2.05, 4.69) is 0 Å². The predicted molar refractivity (Wildman–Crippen MR) is 73.1 cm³/mol. The molecule has 0 amide bonds. The highest BCUT2D eigenvalue weighted by atomic mass is 16.7. The third-order valence-corrected chi connectivity index (χ3v) is 4.86. The van der Waals surface area contributed by atoms with Gasteiger partial charge in [0, 0.05) is 6.61 Å². The summed E-state index contributed by atoms with van der Waals surface area (Å²) < 4.78 is 11.1. The molecule has 2 unspecified atom stereocenters. The van der Waals surface area contributed by atoms with Crippen molar-refractivity contribution < 1.29 is 29.9 Å². The molecule has 1 saturated heterocycles. The number of aliphatic hydroxyl groups excluding tert-OH is 1. The van der Waals surface area contributed by atoms with E-state index in [0.717, 1.165) is 12.8 Å². The van der Waals surface area contributed by atoms with Gasteiger partial charge in [-0.2, -0.15) is 0 Å². The van der Waals surface area contributed by atoms with Gasteiger partial charge in [-0.15, -0.1) is 0 Å². The van der Waals surface area contributed by atoms with Gasteiger partial charge in [0.1, 0.15) is 22.4 Å². The maximum absolute atomic E-state index is 10.7. The summed E-state index contributed by atoms with van der Waals surface area (Å²) in [5.74, 6) is 0. The normalized spacial score (nSPS) is 49.4. The van der Waals surface area contributed by atoms with Gasteiger partial charge in [0.2, 0.25) is 0 Å². The zero-order chi connectivity index (χ0) is 15.8. The van der Waals surface area contributed by atoms with Gasteiger partial charge >= 0.3 is 0 Å². The Hall–Kier alpha value is -0.240. The Bertz CT molecular complexity index is 339. The van der Waals surface area contributed by atoms with Gasteiger partial charge in [-0.3, -0.25) is 0 Å². The molecule has 0 saturated carbocycles. The first kappa shape index (κ1) is 17.8. The minimum absolute atomic E-state index is 0.358. The van der Waals surface area contributed by atoms with Gasteiger partial charge in [-0.1, -0.05) is 13.3 Å². The fraction of sp³-hybridized carbons (Fsp3) is 1.00. The van der Waals surface area contributed by atoms with Crippen LogP contribution >= 0.6 is 0 Å². The summed E-state index contributed by atoms with van der Waals surface area (Å²) in [6.07, 6.45) is 0.561. The highest BCUT2D eigenvalue weighted by Gasteiger charge is 2.70. The third-order valence-electron chi connectivity index (χ3n) is 4.86. The molecule has 120 valence electrons. The van der Waals surface area contributed by atoms with Crippen LogP contribution in [0.2, 0.25) is 0 Å². The second kappa shape index (κ2) is 5.51. The number of aliphatic hydroxyl groups is 4. The smallest absolute Gasteiger partial charge is 0.189 e. The standard InChI is InChI=1S/C14H28O6/c1-6-7-8-19-10-12(3,16)14(5,18)13(4,17)11(2,9-15)20-10/h10,15-18H,6-9H2,1-5H3/t10-,11?,12-,13-,14?/m0/s1. The fourth-order valence-electron chi connectivity index (χ4n) is 2.43. The Labute approximate surface area is 120 Å². The number of ether oxygens (including phenoxy) is 2. The highest BCUT2D eigenvalue weighted by Crippen LogP contribution is 2.49. The SMILES string of the molecule is CCCCO[C@H]1OC(C)(CO)[C@](C)(O)C(C)(O)[C@@]1(C)O. The number of rotatable bonds is 5. The van der Waals surface area contributed by atoms with Crippen molar-refractivity contribution >= 4 is 0 Å². The van der Waals surface area contributed by atoms with Crippen LogP contribution in [-0.4, -0.2) is 62.3 Å². The average molecular weight is 292 g/mol. The minimum Gasteiger partial charge on any atom is -0.393 e. The van der Waals surface area contributed by atoms with Crippen LogP contribution in [0.3, 0.4) is 0 Å². The first-order chi connectivity index (χ1) is 8.98. The van der Waals surface area contributed by atoms with Crippen molar-refractivity contribution in [1.82, 2.24) is 0 Å². The monoisotopic (exact) mass is 292 g/mol. The molecule has 0 spiro atoms. The van der Waals surface area contributed by atoms with Crippen LogP contribution in [0.15, 0.2) is 0 Å². The maximum atomic E-state index is 10.7. The Morgan fingerprint density at radius 3 is 2.05 bits per heavy atom. The molecule has 1 rings (SSSR count). The van der Waals surface area contributed by atoms with Crippen molar-refractivity contribution in [2.45, 2.75) is 76.2 Å². The van der Waals surface area contributed by atoms with Gasteiger partial charge in [0.25, 0.3) is 0 Å². The fourth-order valence-corrected chi connectivity index (χ4v) is 2.43. The zero-order valence-corrected chi connectivity index (χ0v) is 13.0. The lowest BCUT2D eigenvalue weighted by molar-refractivity contribution is -0.417. The highest BCUT2D eigenvalue weighted by molar-refractivity contribution is 5.18. The van der Waals surface area contributed by atoms with Crippen molar-refractivity contribution in [3.05, 3.63) is 0 Å². The van der Waals surface area contributed by atoms with Crippen molar-refractivity contribution in [2.24, 2.45) is 0 Å². The largest absolute Gasteiger partial charge is 0.393 e. The molecule has 4 N–H and O–H groups in total. The molecule has 20 heavy (non-hydrogen) atoms. The summed E-state index contributed by atoms with van der Waals surface area (Å²) in [6.45, 7) is 7.33. The molecule has 6 nitrogen and oxygen atoms in total. The maximum Gasteiger partial charge on any atom is 0.189 e. The van der Waals surface area contributed by atoms with Gasteiger partial charge in [-0.25, -0.2) is 0 Å². The molecular formula is C14H28O6. The minimum atomic E-state index is -1.92. The second-order valence-electron chi connectivity index (χ2n) is 6.36. The molecule has 1 heterocycles. The van der Waals surface area contributed by atoms with Crippen molar-refractivity contribution in [1.29, 1.82) is 0 Å². The Kier molecular flexibility index (Phi) is 4.91. The van der Waals surface area contributed by atoms with Crippen molar-refractivity contribution in [2.75, 3.05) is 13.2 Å². The molecule has 0 radical (unpaired) electrons. The average Bonchev–Trinajstić information content (AvgIpc) is 2.35. The molecule has 0 aromatic heterocycles. The summed E-state index contributed by atoms with van der Waals surface area (Å²) in [5.41, 5.74) is -7.05. The molecule has 6 heteroatoms. The number of hydrogen-bond acceptors (Lipinski definition) is 6. The van der Waals surface area contributed by atoms with E-state index in [0.29, 0.717) is 6.61 Å². The van der Waals surface area contributed by atoms with Gasteiger partial charge in [0.15, 0.2) is 6.29 Å². The molecule has 0 bridgehead atoms. The molecular weight excluding hydrogens is 264 g/mol. The molecule has 0 aromatic rings. The van der Waals surface area contributed by atoms with E-state index in [9.17, 15) is 20.4 Å². The van der Waals surface area contributed by atoms with Crippen molar-refractivity contribution in [3.63, 3.8) is 0 Å². The Morgan fingerprint density at radius 2 is 1.60 bits per heavy atom. The summed E-state index contributed by atoms with van der Waals surface area (Å²) >= 11 is 0. The quantitative estimate of drug-likeness (QED) is 0.539. The van der Waals surface area contributed by atoms with E-state index in [1.807, 2.05) is 6.92 Å². The lowest BCUT2D eigenvalue weighted by Gasteiger charge is -2.61. The molecule has 1 fully saturated rings. The van der Waals surface area contributed by atoms with Crippen LogP contribution < -0.4 is 0 Å². The van der Waals surface area contributed by atoms with Crippen LogP contribution in [0, 0.1) is 0 Å². The Balaban J connectivity index is 3.11. The summed E-state index contributed by atoms with van der Waals surface area (Å²) in [7, 11) is 0. The van der Waals surface area contributed by atoms with E-state index in [1.54, 1.807) is 0 Å². The van der Waals surface area contributed by atoms with Crippen LogP contribution in [0.4, 0.5) is 0 Å². The lowest BCUT2D eigenvalue weighted by Crippen LogP contribution is -2.81. The van der Waals surface area contributed by atoms with Gasteiger partial charge in [0.05, 0.1) is 6.61 Å². The summed E-state index contributed by atoms with van der Waals surface area (Å²) in [6, 6.07) is 0. The van der Waals surface area contributed by atoms with Crippen LogP contribution in [-0.2, 0) is 9.47 Å². The Morgan fingerprint density at radius 1 is 1.05 bits per heavy atom. The topological polar surface area (TPSA) is 99.4 Å². The predicted octanol–water partition coefficient (Wildman–Crippen LogP) is 0.163. The molecule has 0 aliphatic carbocycles. The number of unbranched alkanes of at least 4 members (excludes halogenated alkanes) is 1. The van der Waals surface area contributed by atoms with Gasteiger partial charge < -0.3 is 29.9 Å². The van der Waals surface area contributed by atoms with E-state index < -0.39 is 35.3 Å². The van der Waals surface area contributed by atoms with E-state index in [4.69, 9.17) is 9.47 Å². The van der Waals surface area contributed by atoms with Crippen LogP contribution in [0.5, 0.6) is 0 Å². The van der Waals surface area contributed by atoms with E-state index >= 15 is 0 Å². The summed E-state index contributed by atoms with van der Waals surface area (Å²) in [5, 5.41) is 41.4. The van der Waals surface area contributed by atoms with Gasteiger partial charge in [-0.05, 0) is 34.1 Å². The molecule has 0 aromatic carbocycles. The lowest BCUT2D eigenvalue weighted by atomic mass is 9.63. The van der Waals surface area contributed by atoms with E-state index in [-0.39, 0.29) is 0 Å². The summed E-state index contributed by atoms with van der Waals surface area (Å²) in [4.78, 5) is 0. The molecule has 5 atom stereocenters. The van der Waals surface area contributed by atoms with Crippen LogP contribution in [0.25, 0.3) is 0 Å². The zero-order valence-electron chi connectivity index (χ0n) is 13.0. The molecule has 1 aliphatic heterocycles. The number of hydrogen-bond donors (Lipinski definition) is 4. The first-order valence-corrected chi connectivity index (χ1v) is 7.05.